The number of ether oxygens (including phenoxy) is 12. The highest BCUT2D eigenvalue weighted by atomic mass is 16.5. The van der Waals surface area contributed by atoms with E-state index < -0.39 is 12.6 Å². The number of methoxy groups -OCH3 is 10. The Labute approximate surface area is 604 Å². The summed E-state index contributed by atoms with van der Waals surface area (Å²) in [7, 11) is 24.2. The fourth-order valence-electron chi connectivity index (χ4n) is 8.13. The second-order valence-electron chi connectivity index (χ2n) is 21.3. The van der Waals surface area contributed by atoms with Crippen LogP contribution in [-0.4, -0.2) is 328 Å². The summed E-state index contributed by atoms with van der Waals surface area (Å²) < 4.78 is 61.3. The van der Waals surface area contributed by atoms with Crippen molar-refractivity contribution >= 4 is 36.5 Å². The third-order valence-electron chi connectivity index (χ3n) is 12.6. The van der Waals surface area contributed by atoms with Crippen LogP contribution in [0.1, 0.15) is 31.4 Å². The normalized spacial score (nSPS) is 13.0. The van der Waals surface area contributed by atoms with Crippen LogP contribution in [0.5, 0.6) is 17.2 Å². The summed E-state index contributed by atoms with van der Waals surface area (Å²) in [6.07, 6.45) is 9.22. The topological polar surface area (TPSA) is 426 Å². The average molecular weight is 1460 g/mol. The summed E-state index contributed by atoms with van der Waals surface area (Å²) in [5.74, 6) is 2.71. The number of aromatic hydroxyl groups is 2. The van der Waals surface area contributed by atoms with Gasteiger partial charge < -0.3 is 119 Å². The van der Waals surface area contributed by atoms with Crippen molar-refractivity contribution in [1.29, 1.82) is 10.8 Å². The first-order chi connectivity index (χ1) is 49.2. The Balaban J connectivity index is -0.00000142. The molecule has 0 aliphatic carbocycles. The number of phenols is 2. The molecule has 0 bridgehead atoms. The van der Waals surface area contributed by atoms with Crippen molar-refractivity contribution in [3.8, 4) is 28.4 Å². The molecule has 2 heterocycles. The second-order valence-corrected chi connectivity index (χ2v) is 21.3. The number of nitrogens with one attached hydrogen (secondary N) is 6. The third-order valence-corrected chi connectivity index (χ3v) is 12.6. The molecule has 0 fully saturated rings. The SMILES string of the molecule is C=CCOCN(C=NCN(COC)COC)CC/C=C/C(C)(C)c1ccc2c(c1)CN(C1=NC(NCO)N=C(N(C)C)N1)CO2.CO.CO.CO.COC.COCN(COC)C(=N)N.COCN=CNC(NC(=N)N(COC)COC)N(COC)COC.Oc1ccc(-c2ccc(O)cc2)cc1. The van der Waals surface area contributed by atoms with Crippen LogP contribution in [-0.2, 0) is 64.1 Å². The minimum absolute atomic E-state index is 0.0521. The molecule has 3 aromatic rings. The van der Waals surface area contributed by atoms with Gasteiger partial charge in [-0.05, 0) is 59.5 Å². The average Bonchev–Trinajstić information content (AvgIpc) is 0.791. The number of benzene rings is 3. The summed E-state index contributed by atoms with van der Waals surface area (Å²) in [6.45, 7) is 13.6. The van der Waals surface area contributed by atoms with E-state index in [1.165, 1.54) is 31.0 Å². The van der Waals surface area contributed by atoms with E-state index in [-0.39, 0.29) is 82.7 Å². The van der Waals surface area contributed by atoms with Crippen molar-refractivity contribution in [3.05, 3.63) is 103 Å². The molecule has 0 aromatic heterocycles. The van der Waals surface area contributed by atoms with Crippen molar-refractivity contribution in [2.45, 2.75) is 44.8 Å². The van der Waals surface area contributed by atoms with Crippen molar-refractivity contribution in [3.63, 3.8) is 0 Å². The number of aliphatic hydroxyl groups is 4. The fourth-order valence-corrected chi connectivity index (χ4v) is 8.13. The quantitative estimate of drug-likeness (QED) is 0.0129. The zero-order valence-corrected chi connectivity index (χ0v) is 63.2. The van der Waals surface area contributed by atoms with E-state index in [1.807, 2.05) is 70.4 Å². The highest BCUT2D eigenvalue weighted by Crippen LogP contribution is 2.33. The Bertz CT molecular complexity index is 2640. The number of hydrogen-bond acceptors (Lipinski definition) is 30. The van der Waals surface area contributed by atoms with Crippen molar-refractivity contribution in [1.82, 2.24) is 55.6 Å². The monoisotopic (exact) mass is 1450 g/mol. The highest BCUT2D eigenvalue weighted by Gasteiger charge is 2.28. The first kappa shape index (κ1) is 98.2. The predicted octanol–water partition coefficient (Wildman–Crippen LogP) is 2.00. The van der Waals surface area contributed by atoms with E-state index in [2.05, 4.69) is 90.7 Å². The summed E-state index contributed by atoms with van der Waals surface area (Å²) >= 11 is 0. The smallest absolute Gasteiger partial charge is 0.207 e. The van der Waals surface area contributed by atoms with Gasteiger partial charge in [0.2, 0.25) is 18.2 Å². The predicted molar refractivity (Wildman–Crippen MR) is 396 cm³/mol. The first-order valence-electron chi connectivity index (χ1n) is 31.4. The van der Waals surface area contributed by atoms with E-state index in [0.717, 1.165) is 56.7 Å². The van der Waals surface area contributed by atoms with Crippen LogP contribution in [0.2, 0.25) is 0 Å². The van der Waals surface area contributed by atoms with E-state index >= 15 is 0 Å². The molecule has 2 unspecified atom stereocenters. The second kappa shape index (κ2) is 63.9. The van der Waals surface area contributed by atoms with Crippen molar-refractivity contribution in [2.24, 2.45) is 25.7 Å². The molecule has 0 radical (unpaired) electrons. The maximum atomic E-state index is 9.36. The fraction of sp³-hybridized carbons (Fsp3) is 0.576. The number of aliphatic hydroxyl groups excluding tert-OH is 4. The van der Waals surface area contributed by atoms with Crippen LogP contribution in [0.15, 0.2) is 112 Å². The van der Waals surface area contributed by atoms with Gasteiger partial charge in [0.15, 0.2) is 24.9 Å². The molecule has 14 N–H and O–H groups in total. The molecule has 3 aromatic carbocycles. The molecular weight excluding hydrogens is 1330 g/mol. The minimum Gasteiger partial charge on any atom is -0.508 e. The molecule has 0 saturated carbocycles. The number of guanidine groups is 4. The number of fused-ring (bicyclic) bond motifs is 1. The lowest BCUT2D eigenvalue weighted by molar-refractivity contribution is -0.0484. The molecule has 102 heavy (non-hydrogen) atoms. The molecule has 36 nitrogen and oxygen atoms in total. The molecule has 0 saturated heterocycles. The lowest BCUT2D eigenvalue weighted by atomic mass is 9.83. The third kappa shape index (κ3) is 43.8. The van der Waals surface area contributed by atoms with Crippen LogP contribution in [0.25, 0.3) is 11.1 Å². The van der Waals surface area contributed by atoms with Crippen LogP contribution >= 0.6 is 0 Å². The molecule has 2 aliphatic rings. The van der Waals surface area contributed by atoms with Gasteiger partial charge in [0.1, 0.15) is 84.6 Å². The molecule has 5 rings (SSSR count). The molecule has 2 aliphatic heterocycles. The van der Waals surface area contributed by atoms with E-state index in [4.69, 9.17) is 94.2 Å². The molecular formula is C66H122N18O18. The van der Waals surface area contributed by atoms with Crippen LogP contribution in [0, 0.1) is 10.8 Å². The molecule has 36 heteroatoms. The van der Waals surface area contributed by atoms with Gasteiger partial charge in [0.25, 0.3) is 0 Å². The Morgan fingerprint density at radius 2 is 1.25 bits per heavy atom. The van der Waals surface area contributed by atoms with E-state index in [0.29, 0.717) is 58.7 Å². The molecule has 0 amide bonds. The van der Waals surface area contributed by atoms with Gasteiger partial charge in [-0.15, -0.1) is 6.58 Å². The molecule has 584 valence electrons. The first-order valence-corrected chi connectivity index (χ1v) is 31.4. The molecule has 0 spiro atoms. The Hall–Kier alpha value is -7.96. The summed E-state index contributed by atoms with van der Waals surface area (Å²) in [5, 5.41) is 75.9. The Morgan fingerprint density at radius 3 is 1.73 bits per heavy atom. The maximum absolute atomic E-state index is 9.36. The number of nitrogens with zero attached hydrogens (tertiary/aromatic N) is 11. The number of rotatable bonds is 37. The van der Waals surface area contributed by atoms with E-state index in [9.17, 15) is 5.11 Å². The van der Waals surface area contributed by atoms with E-state index in [1.54, 1.807) is 104 Å². The minimum atomic E-state index is -0.586. The van der Waals surface area contributed by atoms with Crippen molar-refractivity contribution < 1.29 is 87.5 Å². The Morgan fingerprint density at radius 1 is 0.735 bits per heavy atom. The number of hydrogen-bond donors (Lipinski definition) is 13. The van der Waals surface area contributed by atoms with Gasteiger partial charge in [0.05, 0.1) is 39.2 Å². The lowest BCUT2D eigenvalue weighted by Gasteiger charge is -2.35. The standard InChI is InChI=1S/C31H51N9O5.C13H30N6O5.C12H10O2.C5H13N3O2.C2H6O.3CH4O/c1-8-15-44-23-38(18-32-19-39(21-42-6)22-43-7)14-10-9-13-31(2,3)26-11-12-27-25(16-26)17-40(24-45-27)30-35-28(33-20-41)34-29(36-30)37(4)5;1-20-7-15-6-16-13(19(10-23-4)11-24-5)17-12(14)18(8-21-2)9-22-3;13-11-5-1-9(2-6-11)10-3-7-12(14)8-4-10;1-9-3-8(4-10-2)5(6)7;1-3-2;3*1-2/h8-9,11-13,16,18,28,33,41H,1,10,14-15,17,19-24H2,2-7H3,(H,34,35,36);6,13H,7-11H2,1-5H3,(H2,14,17)(H,15,16);1-8,13-14H;3-4H2,1-2H3,(H3,6,7);1-2H3;3*2H,1H3/b13-9+,32-18?;;;;;;;. The van der Waals surface area contributed by atoms with Gasteiger partial charge in [-0.3, -0.25) is 36.2 Å². The summed E-state index contributed by atoms with van der Waals surface area (Å²) in [4.78, 5) is 30.3. The number of phenolic OH excluding ortho intramolecular Hbond substituents is 2. The lowest BCUT2D eigenvalue weighted by Crippen LogP contribution is -2.60. The van der Waals surface area contributed by atoms with Crippen LogP contribution in [0.3, 0.4) is 0 Å². The van der Waals surface area contributed by atoms with Gasteiger partial charge in [-0.2, -0.15) is 0 Å². The summed E-state index contributed by atoms with van der Waals surface area (Å²) in [6, 6.07) is 20.3. The number of nitrogens with two attached hydrogens (primary N) is 1. The number of allylic oxidation sites excluding steroid dienone is 1. The highest BCUT2D eigenvalue weighted by molar-refractivity contribution is 6.00. The zero-order valence-electron chi connectivity index (χ0n) is 63.2. The van der Waals surface area contributed by atoms with Gasteiger partial charge in [-0.1, -0.05) is 62.4 Å². The van der Waals surface area contributed by atoms with Crippen molar-refractivity contribution in [2.75, 3.05) is 214 Å². The Kier molecular flexibility index (Phi) is 61.6. The zero-order chi connectivity index (χ0) is 77.5. The van der Waals surface area contributed by atoms with Gasteiger partial charge in [0, 0.05) is 131 Å². The largest absolute Gasteiger partial charge is 0.508 e. The van der Waals surface area contributed by atoms with Gasteiger partial charge >= 0.3 is 0 Å². The molecule has 2 atom stereocenters. The van der Waals surface area contributed by atoms with Gasteiger partial charge in [-0.25, -0.2) is 24.8 Å². The summed E-state index contributed by atoms with van der Waals surface area (Å²) in [5.41, 5.74) is 9.23. The van der Waals surface area contributed by atoms with Crippen LogP contribution < -0.4 is 31.7 Å². The number of aliphatic imine (C=N–C) groups is 4. The van der Waals surface area contributed by atoms with Crippen LogP contribution in [0.4, 0.5) is 0 Å². The maximum Gasteiger partial charge on any atom is 0.207 e.